The Kier molecular flexibility index (Phi) is 2.94. The van der Waals surface area contributed by atoms with E-state index < -0.39 is 17.7 Å². The predicted molar refractivity (Wildman–Crippen MR) is 57.9 cm³/mol. The fourth-order valence-electron chi connectivity index (χ4n) is 1.47. The number of nitrogens with zero attached hydrogens (tertiary/aromatic N) is 1. The molecule has 18 heavy (non-hydrogen) atoms. The summed E-state index contributed by atoms with van der Waals surface area (Å²) in [5.74, 6) is -1.53. The Bertz CT molecular complexity index is 617. The van der Waals surface area contributed by atoms with Gasteiger partial charge in [-0.05, 0) is 6.92 Å². The van der Waals surface area contributed by atoms with Crippen molar-refractivity contribution in [1.82, 2.24) is 4.98 Å². The highest BCUT2D eigenvalue weighted by Gasteiger charge is 2.37. The molecule has 2 rings (SSSR count). The summed E-state index contributed by atoms with van der Waals surface area (Å²) in [6.07, 6.45) is -4.78. The number of halogens is 3. The van der Waals surface area contributed by atoms with Gasteiger partial charge in [0.05, 0.1) is 11.3 Å². The number of alkyl halides is 3. The summed E-state index contributed by atoms with van der Waals surface area (Å²) in [4.78, 5) is 14.8. The second kappa shape index (κ2) is 4.29. The summed E-state index contributed by atoms with van der Waals surface area (Å²) in [5, 5.41) is 0. The highest BCUT2D eigenvalue weighted by atomic mass is 19.4. The fraction of sp³-hybridized carbons (Fsp3) is 0.167. The van der Waals surface area contributed by atoms with E-state index in [4.69, 9.17) is 0 Å². The molecule has 0 amide bonds. The molecule has 1 aromatic heterocycles. The maximum absolute atomic E-state index is 12.5. The molecule has 0 aliphatic heterocycles. The maximum Gasteiger partial charge on any atom is 0.469 e. The van der Waals surface area contributed by atoms with Crippen molar-refractivity contribution in [3.05, 3.63) is 52.2 Å². The summed E-state index contributed by atoms with van der Waals surface area (Å²) in [7, 11) is 0. The quantitative estimate of drug-likeness (QED) is 0.786. The maximum atomic E-state index is 12.5. The number of aromatic nitrogens is 1. The van der Waals surface area contributed by atoms with Crippen LogP contribution < -0.4 is 5.63 Å². The molecule has 2 aromatic rings. The second-order valence-electron chi connectivity index (χ2n) is 3.64. The van der Waals surface area contributed by atoms with E-state index in [2.05, 4.69) is 9.40 Å². The van der Waals surface area contributed by atoms with E-state index in [1.54, 1.807) is 30.3 Å². The molecule has 0 radical (unpaired) electrons. The zero-order chi connectivity index (χ0) is 13.3. The lowest BCUT2D eigenvalue weighted by Crippen LogP contribution is -2.16. The average Bonchev–Trinajstić information content (AvgIpc) is 2.32. The highest BCUT2D eigenvalue weighted by molar-refractivity contribution is 5.61. The number of hydrogen-bond donors (Lipinski definition) is 0. The number of hydrogen-bond acceptors (Lipinski definition) is 3. The number of benzene rings is 1. The van der Waals surface area contributed by atoms with E-state index in [0.717, 1.165) is 0 Å². The van der Waals surface area contributed by atoms with Crippen molar-refractivity contribution in [2.75, 3.05) is 0 Å². The Balaban J connectivity index is 2.68. The minimum Gasteiger partial charge on any atom is -0.399 e. The minimum absolute atomic E-state index is 0.0147. The molecule has 0 aliphatic carbocycles. The van der Waals surface area contributed by atoms with Crippen molar-refractivity contribution in [2.24, 2.45) is 0 Å². The molecular weight excluding hydrogens is 247 g/mol. The summed E-state index contributed by atoms with van der Waals surface area (Å²) >= 11 is 0. The zero-order valence-electron chi connectivity index (χ0n) is 9.28. The second-order valence-corrected chi connectivity index (χ2v) is 3.64. The molecule has 3 nitrogen and oxygen atoms in total. The van der Waals surface area contributed by atoms with Gasteiger partial charge in [0.15, 0.2) is 0 Å². The predicted octanol–water partition coefficient (Wildman–Crippen LogP) is 3.03. The molecule has 0 unspecified atom stereocenters. The van der Waals surface area contributed by atoms with E-state index in [1.165, 1.54) is 6.92 Å². The van der Waals surface area contributed by atoms with Crippen LogP contribution in [0.2, 0.25) is 0 Å². The monoisotopic (exact) mass is 255 g/mol. The van der Waals surface area contributed by atoms with Crippen molar-refractivity contribution >= 4 is 0 Å². The molecule has 0 saturated carbocycles. The van der Waals surface area contributed by atoms with Gasteiger partial charge in [0.2, 0.25) is 0 Å². The van der Waals surface area contributed by atoms with Crippen LogP contribution in [0.1, 0.15) is 11.5 Å². The summed E-state index contributed by atoms with van der Waals surface area (Å²) in [6.45, 7) is 1.38. The smallest absolute Gasteiger partial charge is 0.399 e. The van der Waals surface area contributed by atoms with Crippen LogP contribution in [0.5, 0.6) is 0 Å². The standard InChI is InChI=1S/C12H8F3NO2/c1-7-9(8-5-3-2-4-6-8)16-11(12(13,14)15)18-10(7)17/h2-6H,1H3. The van der Waals surface area contributed by atoms with Crippen LogP contribution in [0.15, 0.2) is 39.5 Å². The molecular formula is C12H8F3NO2. The third-order valence-electron chi connectivity index (χ3n) is 2.35. The van der Waals surface area contributed by atoms with Gasteiger partial charge in [-0.3, -0.25) is 0 Å². The zero-order valence-corrected chi connectivity index (χ0v) is 9.28. The Labute approximate surface area is 99.9 Å². The third kappa shape index (κ3) is 2.27. The molecule has 0 saturated heterocycles. The van der Waals surface area contributed by atoms with Crippen LogP contribution in [0, 0.1) is 6.92 Å². The van der Waals surface area contributed by atoms with Gasteiger partial charge in [-0.2, -0.15) is 13.2 Å². The molecule has 6 heteroatoms. The molecule has 0 N–H and O–H groups in total. The molecule has 94 valence electrons. The van der Waals surface area contributed by atoms with Gasteiger partial charge in [0.1, 0.15) is 0 Å². The Morgan fingerprint density at radius 2 is 1.78 bits per heavy atom. The Morgan fingerprint density at radius 3 is 2.33 bits per heavy atom. The van der Waals surface area contributed by atoms with Crippen LogP contribution >= 0.6 is 0 Å². The summed E-state index contributed by atoms with van der Waals surface area (Å²) < 4.78 is 41.6. The van der Waals surface area contributed by atoms with E-state index in [-0.39, 0.29) is 11.3 Å². The first-order chi connectivity index (χ1) is 8.39. The van der Waals surface area contributed by atoms with Crippen LogP contribution in [-0.4, -0.2) is 4.98 Å². The van der Waals surface area contributed by atoms with Gasteiger partial charge >= 0.3 is 17.7 Å². The third-order valence-corrected chi connectivity index (χ3v) is 2.35. The van der Waals surface area contributed by atoms with Crippen LogP contribution in [0.25, 0.3) is 11.3 Å². The lowest BCUT2D eigenvalue weighted by atomic mass is 10.1. The molecule has 0 fully saturated rings. The van der Waals surface area contributed by atoms with Crippen molar-refractivity contribution in [3.63, 3.8) is 0 Å². The SMILES string of the molecule is Cc1c(-c2ccccc2)nc(C(F)(F)F)oc1=O. The van der Waals surface area contributed by atoms with Gasteiger partial charge in [-0.15, -0.1) is 0 Å². The molecule has 0 atom stereocenters. The lowest BCUT2D eigenvalue weighted by molar-refractivity contribution is -0.159. The minimum atomic E-state index is -4.78. The van der Waals surface area contributed by atoms with Gasteiger partial charge in [0, 0.05) is 5.56 Å². The molecule has 1 heterocycles. The highest BCUT2D eigenvalue weighted by Crippen LogP contribution is 2.29. The molecule has 0 aliphatic rings. The van der Waals surface area contributed by atoms with Gasteiger partial charge in [0.25, 0.3) is 0 Å². The lowest BCUT2D eigenvalue weighted by Gasteiger charge is -2.08. The van der Waals surface area contributed by atoms with Gasteiger partial charge < -0.3 is 4.42 Å². The van der Waals surface area contributed by atoms with Crippen LogP contribution in [0.3, 0.4) is 0 Å². The topological polar surface area (TPSA) is 43.1 Å². The Morgan fingerprint density at radius 1 is 1.17 bits per heavy atom. The largest absolute Gasteiger partial charge is 0.469 e. The van der Waals surface area contributed by atoms with Crippen molar-refractivity contribution in [3.8, 4) is 11.3 Å². The van der Waals surface area contributed by atoms with E-state index >= 15 is 0 Å². The van der Waals surface area contributed by atoms with E-state index in [0.29, 0.717) is 5.56 Å². The fourth-order valence-corrected chi connectivity index (χ4v) is 1.47. The molecule has 0 spiro atoms. The summed E-state index contributed by atoms with van der Waals surface area (Å²) in [5.41, 5.74) is -0.557. The average molecular weight is 255 g/mol. The first-order valence-electron chi connectivity index (χ1n) is 5.04. The molecule has 0 bridgehead atoms. The van der Waals surface area contributed by atoms with Crippen molar-refractivity contribution in [1.29, 1.82) is 0 Å². The van der Waals surface area contributed by atoms with Crippen LogP contribution in [-0.2, 0) is 6.18 Å². The Hall–Kier alpha value is -2.11. The van der Waals surface area contributed by atoms with Gasteiger partial charge in [-0.1, -0.05) is 30.3 Å². The van der Waals surface area contributed by atoms with Crippen LogP contribution in [0.4, 0.5) is 13.2 Å². The van der Waals surface area contributed by atoms with E-state index in [9.17, 15) is 18.0 Å². The number of rotatable bonds is 1. The molecule has 1 aromatic carbocycles. The first-order valence-corrected chi connectivity index (χ1v) is 5.04. The van der Waals surface area contributed by atoms with Gasteiger partial charge in [-0.25, -0.2) is 9.78 Å². The van der Waals surface area contributed by atoms with Crippen molar-refractivity contribution < 1.29 is 17.6 Å². The van der Waals surface area contributed by atoms with E-state index in [1.807, 2.05) is 0 Å². The summed E-state index contributed by atoms with van der Waals surface area (Å²) in [6, 6.07) is 8.18. The first kappa shape index (κ1) is 12.3. The normalized spacial score (nSPS) is 11.6. The van der Waals surface area contributed by atoms with Crippen molar-refractivity contribution in [2.45, 2.75) is 13.1 Å².